The molecule has 36 heavy (non-hydrogen) atoms. The lowest BCUT2D eigenvalue weighted by molar-refractivity contribution is -0.384. The van der Waals surface area contributed by atoms with E-state index in [0.29, 0.717) is 28.2 Å². The van der Waals surface area contributed by atoms with Gasteiger partial charge < -0.3 is 9.30 Å². The maximum Gasteiger partial charge on any atom is 0.282 e. The lowest BCUT2D eigenvalue weighted by Crippen LogP contribution is -2.23. The maximum absolute atomic E-state index is 13.4. The number of nitrogens with zero attached hydrogens (tertiary/aromatic N) is 5. The third-order valence-electron chi connectivity index (χ3n) is 6.28. The van der Waals surface area contributed by atoms with Crippen LogP contribution in [0.3, 0.4) is 0 Å². The summed E-state index contributed by atoms with van der Waals surface area (Å²) >= 11 is 3.43. The normalized spacial score (nSPS) is 12.4. The average molecular weight is 552 g/mol. The minimum atomic E-state index is -0.456. The molecular weight excluding hydrogens is 526 g/mol. The van der Waals surface area contributed by atoms with Gasteiger partial charge in [-0.3, -0.25) is 14.9 Å². The molecule has 1 atom stereocenters. The molecule has 186 valence electrons. The molecule has 0 fully saturated rings. The zero-order valence-electron chi connectivity index (χ0n) is 20.7. The second kappa shape index (κ2) is 10.1. The van der Waals surface area contributed by atoms with Gasteiger partial charge in [-0.15, -0.1) is 0 Å². The van der Waals surface area contributed by atoms with E-state index in [-0.39, 0.29) is 17.2 Å². The first-order valence-electron chi connectivity index (χ1n) is 11.4. The van der Waals surface area contributed by atoms with Crippen LogP contribution in [-0.2, 0) is 0 Å². The predicted molar refractivity (Wildman–Crippen MR) is 144 cm³/mol. The highest BCUT2D eigenvalue weighted by Gasteiger charge is 2.18. The fraction of sp³-hybridized carbons (Fsp3) is 0.269. The molecule has 0 aliphatic rings. The number of hydrogen-bond donors (Lipinski definition) is 0. The Hall–Kier alpha value is -3.79. The number of ether oxygens (including phenoxy) is 1. The molecule has 0 saturated heterocycles. The first-order chi connectivity index (χ1) is 17.2. The Labute approximate surface area is 216 Å². The van der Waals surface area contributed by atoms with Crippen LogP contribution in [0.15, 0.2) is 56.8 Å². The highest BCUT2D eigenvalue weighted by atomic mass is 79.9. The molecule has 0 aliphatic heterocycles. The van der Waals surface area contributed by atoms with Gasteiger partial charge in [-0.05, 0) is 50.6 Å². The molecule has 4 aromatic rings. The first-order valence-corrected chi connectivity index (χ1v) is 12.2. The summed E-state index contributed by atoms with van der Waals surface area (Å²) in [5.74, 6) is 1.01. The van der Waals surface area contributed by atoms with Crippen LogP contribution in [0.25, 0.3) is 16.6 Å². The third-order valence-corrected chi connectivity index (χ3v) is 6.78. The Kier molecular flexibility index (Phi) is 7.07. The van der Waals surface area contributed by atoms with Gasteiger partial charge in [-0.1, -0.05) is 29.8 Å². The van der Waals surface area contributed by atoms with E-state index in [9.17, 15) is 14.9 Å². The van der Waals surface area contributed by atoms with Gasteiger partial charge in [0, 0.05) is 33.4 Å². The zero-order chi connectivity index (χ0) is 26.1. The van der Waals surface area contributed by atoms with Gasteiger partial charge in [0.05, 0.1) is 40.9 Å². The van der Waals surface area contributed by atoms with Crippen LogP contribution in [-0.4, -0.2) is 32.5 Å². The number of rotatable bonds is 7. The monoisotopic (exact) mass is 551 g/mol. The van der Waals surface area contributed by atoms with Gasteiger partial charge >= 0.3 is 0 Å². The molecule has 9 nitrogen and oxygen atoms in total. The lowest BCUT2D eigenvalue weighted by atomic mass is 10.1. The Balaban J connectivity index is 1.84. The number of hydrogen-bond acceptors (Lipinski definition) is 6. The topological polar surface area (TPSA) is 105 Å². The Morgan fingerprint density at radius 1 is 1.22 bits per heavy atom. The van der Waals surface area contributed by atoms with Crippen molar-refractivity contribution >= 4 is 38.7 Å². The van der Waals surface area contributed by atoms with E-state index in [1.54, 1.807) is 18.3 Å². The second-order valence-electron chi connectivity index (χ2n) is 8.58. The largest absolute Gasteiger partial charge is 0.494 e. The van der Waals surface area contributed by atoms with Crippen molar-refractivity contribution in [2.24, 2.45) is 5.10 Å². The molecule has 10 heteroatoms. The highest BCUT2D eigenvalue weighted by Crippen LogP contribution is 2.31. The standard InChI is InChI=1S/C26H26BrN5O4/c1-6-15(2)25-29-22-9-7-19(27)12-21(22)26(33)31(25)28-14-18-11-16(3)30(17(18)4)23-10-8-20(32(34)35)13-24(23)36-5/h7-15H,6H2,1-5H3/t15-/m0/s1. The SMILES string of the molecule is CC[C@H](C)c1nc2ccc(Br)cc2c(=O)n1N=Cc1cc(C)n(-c2ccc([N+](=O)[O-])cc2OC)c1C. The minimum absolute atomic E-state index is 0.0275. The number of aryl methyl sites for hydroxylation is 1. The predicted octanol–water partition coefficient (Wildman–Crippen LogP) is 5.88. The molecular formula is C26H26BrN5O4. The van der Waals surface area contributed by atoms with Gasteiger partial charge in [-0.25, -0.2) is 4.98 Å². The van der Waals surface area contributed by atoms with Gasteiger partial charge in [0.15, 0.2) is 0 Å². The van der Waals surface area contributed by atoms with E-state index >= 15 is 0 Å². The molecule has 2 aromatic heterocycles. The number of benzene rings is 2. The number of nitro groups is 1. The van der Waals surface area contributed by atoms with Gasteiger partial charge in [0.25, 0.3) is 11.2 Å². The van der Waals surface area contributed by atoms with E-state index in [1.165, 1.54) is 23.9 Å². The molecule has 0 radical (unpaired) electrons. The molecule has 4 rings (SSSR count). The number of aromatic nitrogens is 3. The van der Waals surface area contributed by atoms with E-state index in [2.05, 4.69) is 21.0 Å². The zero-order valence-corrected chi connectivity index (χ0v) is 22.2. The summed E-state index contributed by atoms with van der Waals surface area (Å²) < 4.78 is 9.56. The van der Waals surface area contributed by atoms with Crippen molar-refractivity contribution in [1.82, 2.24) is 14.2 Å². The van der Waals surface area contributed by atoms with Gasteiger partial charge in [0.2, 0.25) is 0 Å². The van der Waals surface area contributed by atoms with E-state index in [4.69, 9.17) is 9.72 Å². The quantitative estimate of drug-likeness (QED) is 0.162. The van der Waals surface area contributed by atoms with Crippen LogP contribution in [0.5, 0.6) is 5.75 Å². The average Bonchev–Trinajstić information content (AvgIpc) is 3.15. The molecule has 0 unspecified atom stereocenters. The van der Waals surface area contributed by atoms with Crippen molar-refractivity contribution in [2.45, 2.75) is 40.0 Å². The molecule has 0 spiro atoms. The fourth-order valence-corrected chi connectivity index (χ4v) is 4.51. The van der Waals surface area contributed by atoms with Crippen LogP contribution in [0.2, 0.25) is 0 Å². The molecule has 0 saturated carbocycles. The molecule has 0 amide bonds. The van der Waals surface area contributed by atoms with Crippen LogP contribution in [0.4, 0.5) is 5.69 Å². The Bertz CT molecular complexity index is 1570. The van der Waals surface area contributed by atoms with Crippen LogP contribution in [0.1, 0.15) is 49.0 Å². The van der Waals surface area contributed by atoms with Gasteiger partial charge in [0.1, 0.15) is 11.6 Å². The van der Waals surface area contributed by atoms with E-state index in [1.807, 2.05) is 50.5 Å². The van der Waals surface area contributed by atoms with Crippen LogP contribution in [0, 0.1) is 24.0 Å². The van der Waals surface area contributed by atoms with Gasteiger partial charge in [-0.2, -0.15) is 9.78 Å². The fourth-order valence-electron chi connectivity index (χ4n) is 4.15. The Morgan fingerprint density at radius 2 is 1.97 bits per heavy atom. The van der Waals surface area contributed by atoms with Crippen molar-refractivity contribution in [2.75, 3.05) is 7.11 Å². The number of fused-ring (bicyclic) bond motifs is 1. The molecule has 2 aromatic carbocycles. The number of non-ortho nitro benzene ring substituents is 1. The van der Waals surface area contributed by atoms with E-state index < -0.39 is 4.92 Å². The maximum atomic E-state index is 13.4. The smallest absolute Gasteiger partial charge is 0.282 e. The number of nitro benzene ring substituents is 1. The molecule has 0 bridgehead atoms. The van der Waals surface area contributed by atoms with Crippen LogP contribution >= 0.6 is 15.9 Å². The summed E-state index contributed by atoms with van der Waals surface area (Å²) in [6.45, 7) is 7.91. The molecule has 2 heterocycles. The Morgan fingerprint density at radius 3 is 2.64 bits per heavy atom. The first kappa shape index (κ1) is 25.3. The van der Waals surface area contributed by atoms with Crippen LogP contribution < -0.4 is 10.3 Å². The number of methoxy groups -OCH3 is 1. The van der Waals surface area contributed by atoms with E-state index in [0.717, 1.165) is 27.8 Å². The minimum Gasteiger partial charge on any atom is -0.494 e. The van der Waals surface area contributed by atoms with Crippen molar-refractivity contribution in [3.05, 3.63) is 90.2 Å². The summed E-state index contributed by atoms with van der Waals surface area (Å²) in [5, 5.41) is 16.3. The molecule has 0 N–H and O–H groups in total. The third kappa shape index (κ3) is 4.56. The molecule has 0 aliphatic carbocycles. The number of halogens is 1. The highest BCUT2D eigenvalue weighted by molar-refractivity contribution is 9.10. The summed E-state index contributed by atoms with van der Waals surface area (Å²) in [6.07, 6.45) is 2.45. The van der Waals surface area contributed by atoms with Crippen molar-refractivity contribution in [1.29, 1.82) is 0 Å². The van der Waals surface area contributed by atoms with Crippen molar-refractivity contribution in [3.8, 4) is 11.4 Å². The summed E-state index contributed by atoms with van der Waals surface area (Å²) in [5.41, 5.74) is 3.55. The second-order valence-corrected chi connectivity index (χ2v) is 9.49. The summed E-state index contributed by atoms with van der Waals surface area (Å²) in [4.78, 5) is 28.9. The summed E-state index contributed by atoms with van der Waals surface area (Å²) in [6, 6.07) is 11.9. The summed E-state index contributed by atoms with van der Waals surface area (Å²) in [7, 11) is 1.48. The lowest BCUT2D eigenvalue weighted by Gasteiger charge is -2.14. The van der Waals surface area contributed by atoms with Crippen molar-refractivity contribution < 1.29 is 9.66 Å². The van der Waals surface area contributed by atoms with Crippen molar-refractivity contribution in [3.63, 3.8) is 0 Å².